The highest BCUT2D eigenvalue weighted by molar-refractivity contribution is 9.10. The number of carboxylic acids is 2. The summed E-state index contributed by atoms with van der Waals surface area (Å²) in [7, 11) is 0. The van der Waals surface area contributed by atoms with Gasteiger partial charge in [0.05, 0.1) is 22.4 Å². The van der Waals surface area contributed by atoms with Crippen LogP contribution in [0, 0.1) is 5.82 Å². The van der Waals surface area contributed by atoms with Gasteiger partial charge in [0, 0.05) is 15.1 Å². The average Bonchev–Trinajstić information content (AvgIpc) is 2.93. The van der Waals surface area contributed by atoms with Crippen LogP contribution in [0.1, 0.15) is 41.9 Å². The molecule has 2 amide bonds. The second kappa shape index (κ2) is 12.6. The number of nitrogens with one attached hydrogen (secondary N) is 2. The summed E-state index contributed by atoms with van der Waals surface area (Å²) in [6, 6.07) is 23.0. The predicted molar refractivity (Wildman–Crippen MR) is 153 cm³/mol. The fourth-order valence-corrected chi connectivity index (χ4v) is 5.14. The SMILES string of the molecule is O=C(O)c1ccc(C(=O)Nc2cccc(SC(C(=O)Nc3ccc(Br)cc3F)c3ccccc3)c2)c(C(=O)O)c1. The Bertz CT molecular complexity index is 1620. The van der Waals surface area contributed by atoms with Crippen LogP contribution in [0.2, 0.25) is 0 Å². The summed E-state index contributed by atoms with van der Waals surface area (Å²) in [5.41, 5.74) is 0.0819. The lowest BCUT2D eigenvalue weighted by Gasteiger charge is -2.18. The molecule has 0 spiro atoms. The van der Waals surface area contributed by atoms with Crippen LogP contribution in [-0.4, -0.2) is 34.0 Å². The van der Waals surface area contributed by atoms with Crippen molar-refractivity contribution in [3.8, 4) is 0 Å². The Hall–Kier alpha value is -4.48. The van der Waals surface area contributed by atoms with Crippen molar-refractivity contribution in [1.29, 1.82) is 0 Å². The lowest BCUT2D eigenvalue weighted by Crippen LogP contribution is -2.20. The van der Waals surface area contributed by atoms with E-state index in [0.29, 0.717) is 20.6 Å². The lowest BCUT2D eigenvalue weighted by molar-refractivity contribution is -0.115. The van der Waals surface area contributed by atoms with E-state index in [1.807, 2.05) is 6.07 Å². The Morgan fingerprint density at radius 1 is 0.775 bits per heavy atom. The summed E-state index contributed by atoms with van der Waals surface area (Å²) in [5, 5.41) is 23.1. The fourth-order valence-electron chi connectivity index (χ4n) is 3.72. The molecule has 0 saturated carbocycles. The standard InChI is InChI=1S/C29H20BrFN2O6S/c30-18-10-12-24(23(31)14-18)33-27(35)25(16-5-2-1-3-6-16)40-20-8-4-7-19(15-20)32-26(34)21-11-9-17(28(36)37)13-22(21)29(38)39/h1-15,25H,(H,32,34)(H,33,35)(H,36,37)(H,38,39). The van der Waals surface area contributed by atoms with Crippen LogP contribution in [0.4, 0.5) is 15.8 Å². The number of halogens is 2. The zero-order valence-corrected chi connectivity index (χ0v) is 22.8. The fraction of sp³-hybridized carbons (Fsp3) is 0.0345. The Morgan fingerprint density at radius 2 is 1.52 bits per heavy atom. The molecule has 202 valence electrons. The summed E-state index contributed by atoms with van der Waals surface area (Å²) in [4.78, 5) is 49.7. The Balaban J connectivity index is 1.58. The van der Waals surface area contributed by atoms with E-state index in [2.05, 4.69) is 26.6 Å². The molecular formula is C29H20BrFN2O6S. The van der Waals surface area contributed by atoms with Gasteiger partial charge in [-0.2, -0.15) is 0 Å². The molecular weight excluding hydrogens is 603 g/mol. The minimum atomic E-state index is -1.45. The van der Waals surface area contributed by atoms with Crippen molar-refractivity contribution < 1.29 is 33.8 Å². The topological polar surface area (TPSA) is 133 Å². The van der Waals surface area contributed by atoms with E-state index in [9.17, 15) is 28.7 Å². The van der Waals surface area contributed by atoms with Gasteiger partial charge >= 0.3 is 11.9 Å². The van der Waals surface area contributed by atoms with Crippen LogP contribution in [-0.2, 0) is 4.79 Å². The highest BCUT2D eigenvalue weighted by Crippen LogP contribution is 2.37. The Kier molecular flexibility index (Phi) is 8.97. The van der Waals surface area contributed by atoms with E-state index < -0.39 is 40.4 Å². The van der Waals surface area contributed by atoms with Crippen LogP contribution >= 0.6 is 27.7 Å². The summed E-state index contributed by atoms with van der Waals surface area (Å²) in [6.07, 6.45) is 0. The molecule has 1 atom stereocenters. The van der Waals surface area contributed by atoms with Crippen molar-refractivity contribution in [2.24, 2.45) is 0 Å². The third kappa shape index (κ3) is 6.93. The number of aromatic carboxylic acids is 2. The van der Waals surface area contributed by atoms with E-state index >= 15 is 0 Å². The van der Waals surface area contributed by atoms with Crippen molar-refractivity contribution in [3.63, 3.8) is 0 Å². The lowest BCUT2D eigenvalue weighted by atomic mass is 10.0. The first kappa shape index (κ1) is 28.5. The molecule has 0 radical (unpaired) electrons. The molecule has 0 aromatic heterocycles. The van der Waals surface area contributed by atoms with Crippen molar-refractivity contribution in [2.75, 3.05) is 10.6 Å². The quantitative estimate of drug-likeness (QED) is 0.152. The van der Waals surface area contributed by atoms with Crippen LogP contribution in [0.25, 0.3) is 0 Å². The van der Waals surface area contributed by atoms with Crippen LogP contribution < -0.4 is 10.6 Å². The molecule has 0 saturated heterocycles. The molecule has 4 N–H and O–H groups in total. The van der Waals surface area contributed by atoms with E-state index in [-0.39, 0.29) is 16.8 Å². The molecule has 40 heavy (non-hydrogen) atoms. The number of rotatable bonds is 9. The summed E-state index contributed by atoms with van der Waals surface area (Å²) in [6.45, 7) is 0. The van der Waals surface area contributed by atoms with E-state index in [4.69, 9.17) is 5.11 Å². The first-order chi connectivity index (χ1) is 19.1. The van der Waals surface area contributed by atoms with Gasteiger partial charge in [0.25, 0.3) is 5.91 Å². The van der Waals surface area contributed by atoms with Crippen molar-refractivity contribution in [2.45, 2.75) is 10.1 Å². The number of anilines is 2. The molecule has 0 bridgehead atoms. The highest BCUT2D eigenvalue weighted by atomic mass is 79.9. The number of carbonyl (C=O) groups excluding carboxylic acids is 2. The maximum Gasteiger partial charge on any atom is 0.336 e. The second-order valence-corrected chi connectivity index (χ2v) is 10.5. The smallest absolute Gasteiger partial charge is 0.336 e. The van der Waals surface area contributed by atoms with E-state index in [1.54, 1.807) is 54.6 Å². The van der Waals surface area contributed by atoms with Crippen LogP contribution in [0.15, 0.2) is 100 Å². The number of carbonyl (C=O) groups is 4. The van der Waals surface area contributed by atoms with Crippen LogP contribution in [0.5, 0.6) is 0 Å². The largest absolute Gasteiger partial charge is 0.478 e. The molecule has 4 aromatic rings. The van der Waals surface area contributed by atoms with Crippen molar-refractivity contribution in [3.05, 3.63) is 124 Å². The van der Waals surface area contributed by atoms with Crippen molar-refractivity contribution >= 4 is 62.8 Å². The predicted octanol–water partition coefficient (Wildman–Crippen LogP) is 6.71. The number of benzene rings is 4. The first-order valence-corrected chi connectivity index (χ1v) is 13.3. The van der Waals surface area contributed by atoms with Gasteiger partial charge in [-0.15, -0.1) is 11.8 Å². The molecule has 4 aromatic carbocycles. The van der Waals surface area contributed by atoms with Gasteiger partial charge in [-0.3, -0.25) is 9.59 Å². The second-order valence-electron chi connectivity index (χ2n) is 8.37. The van der Waals surface area contributed by atoms with E-state index in [1.165, 1.54) is 23.9 Å². The van der Waals surface area contributed by atoms with Gasteiger partial charge in [0.2, 0.25) is 5.91 Å². The third-order valence-corrected chi connectivity index (χ3v) is 7.36. The maximum atomic E-state index is 14.4. The summed E-state index contributed by atoms with van der Waals surface area (Å²) in [5.74, 6) is -4.58. The van der Waals surface area contributed by atoms with Gasteiger partial charge in [0.15, 0.2) is 0 Å². The average molecular weight is 623 g/mol. The molecule has 0 heterocycles. The van der Waals surface area contributed by atoms with E-state index in [0.717, 1.165) is 18.2 Å². The summed E-state index contributed by atoms with van der Waals surface area (Å²) < 4.78 is 14.9. The molecule has 0 fully saturated rings. The number of hydrogen-bond donors (Lipinski definition) is 4. The number of amides is 2. The molecule has 0 aliphatic carbocycles. The minimum Gasteiger partial charge on any atom is -0.478 e. The number of carboxylic acid groups (broad SMARTS) is 2. The van der Waals surface area contributed by atoms with Gasteiger partial charge in [-0.1, -0.05) is 52.3 Å². The molecule has 8 nitrogen and oxygen atoms in total. The number of hydrogen-bond acceptors (Lipinski definition) is 5. The minimum absolute atomic E-state index is 0.0268. The third-order valence-electron chi connectivity index (χ3n) is 5.62. The van der Waals surface area contributed by atoms with Gasteiger partial charge in [-0.25, -0.2) is 14.0 Å². The normalized spacial score (nSPS) is 11.3. The molecule has 0 aliphatic rings. The zero-order valence-electron chi connectivity index (χ0n) is 20.4. The Labute approximate surface area is 240 Å². The molecule has 0 aliphatic heterocycles. The van der Waals surface area contributed by atoms with Gasteiger partial charge in [-0.05, 0) is 60.2 Å². The Morgan fingerprint density at radius 3 is 2.20 bits per heavy atom. The number of thioether (sulfide) groups is 1. The zero-order chi connectivity index (χ0) is 28.8. The first-order valence-electron chi connectivity index (χ1n) is 11.6. The monoisotopic (exact) mass is 622 g/mol. The molecule has 1 unspecified atom stereocenters. The highest BCUT2D eigenvalue weighted by Gasteiger charge is 2.24. The van der Waals surface area contributed by atoms with Crippen molar-refractivity contribution in [1.82, 2.24) is 0 Å². The molecule has 4 rings (SSSR count). The van der Waals surface area contributed by atoms with Gasteiger partial charge in [0.1, 0.15) is 11.1 Å². The maximum absolute atomic E-state index is 14.4. The van der Waals surface area contributed by atoms with Gasteiger partial charge < -0.3 is 20.8 Å². The van der Waals surface area contributed by atoms with Crippen LogP contribution in [0.3, 0.4) is 0 Å². The summed E-state index contributed by atoms with van der Waals surface area (Å²) >= 11 is 4.37. The molecule has 11 heteroatoms.